The largest absolute Gasteiger partial charge is 0.480 e. The highest BCUT2D eigenvalue weighted by Crippen LogP contribution is 2.44. The molecular formula is C25H26N4O5S. The molecule has 10 heteroatoms. The first-order chi connectivity index (χ1) is 16.7. The number of carboxylic acids is 1. The number of hydrogen-bond donors (Lipinski definition) is 3. The van der Waals surface area contributed by atoms with E-state index in [1.165, 1.54) is 0 Å². The average Bonchev–Trinajstić information content (AvgIpc) is 3.34. The third kappa shape index (κ3) is 5.33. The van der Waals surface area contributed by atoms with Crippen LogP contribution in [0.25, 0.3) is 11.1 Å². The molecule has 0 aliphatic heterocycles. The van der Waals surface area contributed by atoms with E-state index in [1.54, 1.807) is 25.9 Å². The molecule has 9 nitrogen and oxygen atoms in total. The predicted octanol–water partition coefficient (Wildman–Crippen LogP) is 3.56. The number of nitrogens with one attached hydrogen (secondary N) is 2. The Kier molecular flexibility index (Phi) is 7.13. The maximum atomic E-state index is 12.6. The van der Waals surface area contributed by atoms with E-state index in [4.69, 9.17) is 4.74 Å². The molecule has 2 amide bonds. The van der Waals surface area contributed by atoms with Gasteiger partial charge in [-0.3, -0.25) is 10.1 Å². The smallest absolute Gasteiger partial charge is 0.413 e. The van der Waals surface area contributed by atoms with Crippen LogP contribution < -0.4 is 10.6 Å². The highest BCUT2D eigenvalue weighted by Gasteiger charge is 2.29. The molecule has 1 heterocycles. The minimum Gasteiger partial charge on any atom is -0.480 e. The molecule has 1 aliphatic rings. The number of aliphatic carboxylic acids is 1. The van der Waals surface area contributed by atoms with Gasteiger partial charge in [-0.2, -0.15) is 0 Å². The molecule has 3 aromatic rings. The molecule has 2 aromatic carbocycles. The van der Waals surface area contributed by atoms with Gasteiger partial charge in [0.25, 0.3) is 5.91 Å². The first-order valence-corrected chi connectivity index (χ1v) is 11.8. The lowest BCUT2D eigenvalue weighted by Gasteiger charge is -2.18. The van der Waals surface area contributed by atoms with Crippen molar-refractivity contribution in [2.45, 2.75) is 18.9 Å². The molecule has 0 saturated carbocycles. The van der Waals surface area contributed by atoms with Crippen LogP contribution >= 0.6 is 11.3 Å². The van der Waals surface area contributed by atoms with Gasteiger partial charge in [0.15, 0.2) is 5.13 Å². The van der Waals surface area contributed by atoms with Crippen LogP contribution in [0.15, 0.2) is 48.5 Å². The molecule has 1 unspecified atom stereocenters. The summed E-state index contributed by atoms with van der Waals surface area (Å²) < 4.78 is 5.53. The molecule has 35 heavy (non-hydrogen) atoms. The minimum absolute atomic E-state index is 0.0721. The molecule has 0 radical (unpaired) electrons. The first-order valence-electron chi connectivity index (χ1n) is 11.0. The summed E-state index contributed by atoms with van der Waals surface area (Å²) >= 11 is 0.962. The van der Waals surface area contributed by atoms with Gasteiger partial charge in [0.1, 0.15) is 17.5 Å². The van der Waals surface area contributed by atoms with Crippen LogP contribution in [0.5, 0.6) is 0 Å². The van der Waals surface area contributed by atoms with Crippen molar-refractivity contribution < 1.29 is 24.2 Å². The molecule has 0 saturated heterocycles. The second-order valence-electron chi connectivity index (χ2n) is 8.51. The van der Waals surface area contributed by atoms with Crippen LogP contribution in [0.3, 0.4) is 0 Å². The number of likely N-dealkylation sites (N-methyl/N-ethyl adjacent to an activating group) is 1. The van der Waals surface area contributed by atoms with E-state index < -0.39 is 24.0 Å². The fourth-order valence-corrected chi connectivity index (χ4v) is 5.01. The van der Waals surface area contributed by atoms with Crippen LogP contribution in [0.1, 0.15) is 32.4 Å². The molecule has 1 aliphatic carbocycles. The average molecular weight is 495 g/mol. The van der Waals surface area contributed by atoms with Gasteiger partial charge in [0.05, 0.1) is 5.69 Å². The van der Waals surface area contributed by atoms with Gasteiger partial charge in [-0.05, 0) is 43.3 Å². The number of fused-ring (bicyclic) bond motifs is 3. The number of anilines is 1. The second-order valence-corrected chi connectivity index (χ2v) is 9.51. The van der Waals surface area contributed by atoms with Crippen molar-refractivity contribution in [3.8, 4) is 11.1 Å². The molecular weight excluding hydrogens is 468 g/mol. The zero-order valence-corrected chi connectivity index (χ0v) is 20.4. The van der Waals surface area contributed by atoms with E-state index in [2.05, 4.69) is 27.8 Å². The quantitative estimate of drug-likeness (QED) is 0.438. The van der Waals surface area contributed by atoms with Crippen molar-refractivity contribution in [2.75, 3.05) is 32.6 Å². The summed E-state index contributed by atoms with van der Waals surface area (Å²) in [5.74, 6) is -1.77. The van der Waals surface area contributed by atoms with Crippen molar-refractivity contribution in [1.82, 2.24) is 15.2 Å². The Hall–Kier alpha value is -3.76. The third-order valence-corrected chi connectivity index (χ3v) is 6.78. The second kappa shape index (κ2) is 10.2. The minimum atomic E-state index is -1.13. The lowest BCUT2D eigenvalue weighted by atomic mass is 9.98. The van der Waals surface area contributed by atoms with Crippen LogP contribution in [0, 0.1) is 6.92 Å². The highest BCUT2D eigenvalue weighted by molar-refractivity contribution is 7.17. The summed E-state index contributed by atoms with van der Waals surface area (Å²) in [6.45, 7) is 1.92. The van der Waals surface area contributed by atoms with Gasteiger partial charge in [0, 0.05) is 12.5 Å². The number of ether oxygens (including phenoxy) is 1. The Morgan fingerprint density at radius 1 is 1.09 bits per heavy atom. The number of aromatic nitrogens is 1. The summed E-state index contributed by atoms with van der Waals surface area (Å²) in [6.07, 6.45) is -0.677. The zero-order chi connectivity index (χ0) is 25.1. The molecule has 0 bridgehead atoms. The maximum absolute atomic E-state index is 12.6. The summed E-state index contributed by atoms with van der Waals surface area (Å²) in [4.78, 5) is 42.7. The molecule has 0 fully saturated rings. The van der Waals surface area contributed by atoms with Gasteiger partial charge in [-0.25, -0.2) is 14.6 Å². The summed E-state index contributed by atoms with van der Waals surface area (Å²) in [5.41, 5.74) is 4.87. The van der Waals surface area contributed by atoms with E-state index in [-0.39, 0.29) is 29.1 Å². The Bertz CT molecular complexity index is 1230. The molecule has 3 N–H and O–H groups in total. The van der Waals surface area contributed by atoms with Crippen molar-refractivity contribution in [3.63, 3.8) is 0 Å². The molecule has 4 rings (SSSR count). The fraction of sp³-hybridized carbons (Fsp3) is 0.280. The van der Waals surface area contributed by atoms with Crippen LogP contribution in [0.2, 0.25) is 0 Å². The van der Waals surface area contributed by atoms with Crippen LogP contribution in [0.4, 0.5) is 9.93 Å². The van der Waals surface area contributed by atoms with Gasteiger partial charge in [0.2, 0.25) is 0 Å². The SMILES string of the molecule is Cc1nc(NC(=O)OCC2c3ccccc3-c3ccccc32)sc1C(=O)NC(CN(C)C)C(=O)O. The van der Waals surface area contributed by atoms with Crippen LogP contribution in [-0.4, -0.2) is 66.2 Å². The molecule has 1 aromatic heterocycles. The van der Waals surface area contributed by atoms with E-state index in [1.807, 2.05) is 36.4 Å². The number of amides is 2. The number of aryl methyl sites for hydroxylation is 1. The predicted molar refractivity (Wildman–Crippen MR) is 133 cm³/mol. The molecule has 0 spiro atoms. The molecule has 1 atom stereocenters. The number of carboxylic acid groups (broad SMARTS) is 1. The Morgan fingerprint density at radius 3 is 2.26 bits per heavy atom. The van der Waals surface area contributed by atoms with Crippen molar-refractivity contribution >= 4 is 34.4 Å². The number of rotatable bonds is 8. The lowest BCUT2D eigenvalue weighted by Crippen LogP contribution is -2.46. The van der Waals surface area contributed by atoms with E-state index in [0.29, 0.717) is 5.69 Å². The van der Waals surface area contributed by atoms with E-state index >= 15 is 0 Å². The third-order valence-electron chi connectivity index (χ3n) is 5.71. The van der Waals surface area contributed by atoms with Crippen molar-refractivity contribution in [1.29, 1.82) is 0 Å². The van der Waals surface area contributed by atoms with Crippen molar-refractivity contribution in [2.24, 2.45) is 0 Å². The lowest BCUT2D eigenvalue weighted by molar-refractivity contribution is -0.139. The van der Waals surface area contributed by atoms with Gasteiger partial charge < -0.3 is 20.1 Å². The van der Waals surface area contributed by atoms with Gasteiger partial charge >= 0.3 is 12.1 Å². The zero-order valence-electron chi connectivity index (χ0n) is 19.6. The normalized spacial score (nSPS) is 13.1. The van der Waals surface area contributed by atoms with E-state index in [0.717, 1.165) is 33.6 Å². The number of carbonyl (C=O) groups excluding carboxylic acids is 2. The maximum Gasteiger partial charge on any atom is 0.413 e. The Balaban J connectivity index is 1.40. The Morgan fingerprint density at radius 2 is 1.69 bits per heavy atom. The Labute approximate surface area is 206 Å². The number of nitrogens with zero attached hydrogens (tertiary/aromatic N) is 2. The van der Waals surface area contributed by atoms with Gasteiger partial charge in [-0.15, -0.1) is 0 Å². The standard InChI is InChI=1S/C25H26N4O5S/c1-14-21(22(30)27-20(23(31)32)12-29(2)3)35-24(26-14)28-25(33)34-13-19-17-10-6-4-8-15(17)16-9-5-7-11-18(16)19/h4-11,19-20H,12-13H2,1-3H3,(H,27,30)(H,31,32)(H,26,28,33). The van der Waals surface area contributed by atoms with E-state index in [9.17, 15) is 19.5 Å². The summed E-state index contributed by atoms with van der Waals surface area (Å²) in [6, 6.07) is 15.0. The number of thiazole rings is 1. The highest BCUT2D eigenvalue weighted by atomic mass is 32.1. The number of carbonyl (C=O) groups is 3. The van der Waals surface area contributed by atoms with Crippen molar-refractivity contribution in [3.05, 3.63) is 70.2 Å². The monoisotopic (exact) mass is 494 g/mol. The summed E-state index contributed by atoms with van der Waals surface area (Å²) in [7, 11) is 3.44. The van der Waals surface area contributed by atoms with Crippen LogP contribution in [-0.2, 0) is 9.53 Å². The summed E-state index contributed by atoms with van der Waals surface area (Å²) in [5, 5.41) is 14.6. The topological polar surface area (TPSA) is 121 Å². The number of benzene rings is 2. The number of hydrogen-bond acceptors (Lipinski definition) is 7. The van der Waals surface area contributed by atoms with Gasteiger partial charge in [-0.1, -0.05) is 59.9 Å². The molecule has 182 valence electrons. The first kappa shape index (κ1) is 24.4. The fourth-order valence-electron chi connectivity index (χ4n) is 4.16.